The smallest absolute Gasteiger partial charge is 0.416 e. The second-order valence-electron chi connectivity index (χ2n) is 8.46. The molecule has 3 aromatic carbocycles. The number of aromatic nitrogens is 3. The van der Waals surface area contributed by atoms with Gasteiger partial charge in [-0.2, -0.15) is 13.2 Å². The summed E-state index contributed by atoms with van der Waals surface area (Å²) in [4.78, 5) is 0. The fourth-order valence-corrected chi connectivity index (χ4v) is 4.39. The molecule has 0 fully saturated rings. The van der Waals surface area contributed by atoms with Crippen LogP contribution in [0.3, 0.4) is 0 Å². The van der Waals surface area contributed by atoms with Gasteiger partial charge in [0.1, 0.15) is 30.4 Å². The van der Waals surface area contributed by atoms with Crippen LogP contribution in [0.5, 0.6) is 23.0 Å². The van der Waals surface area contributed by atoms with Crippen LogP contribution in [0, 0.1) is 0 Å². The van der Waals surface area contributed by atoms with Gasteiger partial charge in [-0.05, 0) is 60.0 Å². The van der Waals surface area contributed by atoms with E-state index in [1.807, 2.05) is 6.92 Å². The third-order valence-corrected chi connectivity index (χ3v) is 6.45. The van der Waals surface area contributed by atoms with E-state index < -0.39 is 11.7 Å². The van der Waals surface area contributed by atoms with Crippen molar-refractivity contribution >= 4 is 11.6 Å². The number of rotatable bonds is 5. The minimum atomic E-state index is -4.54. The number of hydrogen-bond acceptors (Lipinski definition) is 6. The van der Waals surface area contributed by atoms with Crippen LogP contribution in [0.1, 0.15) is 23.6 Å². The lowest BCUT2D eigenvalue weighted by Crippen LogP contribution is -2.15. The molecule has 0 saturated carbocycles. The number of aryl methyl sites for hydroxylation is 1. The van der Waals surface area contributed by atoms with E-state index in [0.717, 1.165) is 12.1 Å². The number of nitrogens with zero attached hydrogens (tertiary/aromatic N) is 3. The summed E-state index contributed by atoms with van der Waals surface area (Å²) in [6.07, 6.45) is -4.05. The van der Waals surface area contributed by atoms with Gasteiger partial charge >= 0.3 is 6.18 Å². The molecular weight excluding hydrogens is 511 g/mol. The van der Waals surface area contributed by atoms with Crippen LogP contribution in [0.2, 0.25) is 5.02 Å². The molecule has 4 aromatic rings. The van der Waals surface area contributed by atoms with Gasteiger partial charge in [0, 0.05) is 22.2 Å². The molecule has 0 aliphatic carbocycles. The first-order chi connectivity index (χ1) is 17.7. The molecule has 11 heteroatoms. The van der Waals surface area contributed by atoms with E-state index in [0.29, 0.717) is 53.5 Å². The molecule has 1 aliphatic heterocycles. The van der Waals surface area contributed by atoms with Crippen LogP contribution in [0.25, 0.3) is 22.5 Å². The molecule has 5 rings (SSSR count). The van der Waals surface area contributed by atoms with Crippen molar-refractivity contribution in [2.24, 2.45) is 0 Å². The molecule has 0 atom stereocenters. The molecular formula is C26H21ClF3N3O4. The molecule has 2 N–H and O–H groups in total. The molecule has 192 valence electrons. The van der Waals surface area contributed by atoms with Crippen molar-refractivity contribution < 1.29 is 32.9 Å². The lowest BCUT2D eigenvalue weighted by atomic mass is 9.99. The number of fused-ring (bicyclic) bond motifs is 1. The van der Waals surface area contributed by atoms with Crippen LogP contribution in [-0.4, -0.2) is 38.4 Å². The summed E-state index contributed by atoms with van der Waals surface area (Å²) in [7, 11) is 0. The minimum Gasteiger partial charge on any atom is -0.508 e. The summed E-state index contributed by atoms with van der Waals surface area (Å²) in [6.45, 7) is 2.49. The lowest BCUT2D eigenvalue weighted by Gasteiger charge is -2.19. The van der Waals surface area contributed by atoms with Crippen LogP contribution in [0.15, 0.2) is 48.5 Å². The van der Waals surface area contributed by atoms with Gasteiger partial charge in [0.15, 0.2) is 11.5 Å². The van der Waals surface area contributed by atoms with Gasteiger partial charge in [-0.25, -0.2) is 4.68 Å². The monoisotopic (exact) mass is 531 g/mol. The second-order valence-corrected chi connectivity index (χ2v) is 8.87. The summed E-state index contributed by atoms with van der Waals surface area (Å²) >= 11 is 6.26. The number of phenols is 2. The quantitative estimate of drug-likeness (QED) is 0.324. The number of phenolic OH excluding ortho intramolecular Hbond substituents is 2. The molecule has 0 bridgehead atoms. The normalized spacial score (nSPS) is 13.1. The predicted molar refractivity (Wildman–Crippen MR) is 130 cm³/mol. The Kier molecular flexibility index (Phi) is 6.36. The van der Waals surface area contributed by atoms with Crippen molar-refractivity contribution in [1.82, 2.24) is 15.0 Å². The molecule has 0 radical (unpaired) electrons. The molecule has 1 aliphatic rings. The Morgan fingerprint density at radius 2 is 1.70 bits per heavy atom. The fraction of sp³-hybridized carbons (Fsp3) is 0.231. The van der Waals surface area contributed by atoms with E-state index in [9.17, 15) is 23.4 Å². The Morgan fingerprint density at radius 1 is 0.946 bits per heavy atom. The zero-order valence-corrected chi connectivity index (χ0v) is 20.3. The zero-order chi connectivity index (χ0) is 26.3. The Hall–Kier alpha value is -3.92. The average Bonchev–Trinajstić information content (AvgIpc) is 3.27. The van der Waals surface area contributed by atoms with Gasteiger partial charge in [-0.1, -0.05) is 23.7 Å². The summed E-state index contributed by atoms with van der Waals surface area (Å²) in [5.74, 6) is 0.756. The van der Waals surface area contributed by atoms with E-state index in [1.54, 1.807) is 24.3 Å². The fourth-order valence-electron chi connectivity index (χ4n) is 4.21. The highest BCUT2D eigenvalue weighted by Gasteiger charge is 2.31. The van der Waals surface area contributed by atoms with Crippen molar-refractivity contribution in [2.75, 3.05) is 13.2 Å². The molecule has 0 saturated heterocycles. The van der Waals surface area contributed by atoms with Gasteiger partial charge in [0.05, 0.1) is 17.8 Å². The first kappa shape index (κ1) is 24.8. The number of alkyl halides is 3. The number of ether oxygens (including phenoxy) is 2. The molecule has 0 amide bonds. The third-order valence-electron chi connectivity index (χ3n) is 6.08. The van der Waals surface area contributed by atoms with E-state index in [4.69, 9.17) is 21.1 Å². The molecule has 37 heavy (non-hydrogen) atoms. The average molecular weight is 532 g/mol. The minimum absolute atomic E-state index is 0.0623. The van der Waals surface area contributed by atoms with E-state index in [-0.39, 0.29) is 34.3 Å². The van der Waals surface area contributed by atoms with E-state index in [1.165, 1.54) is 16.8 Å². The topological polar surface area (TPSA) is 89.6 Å². The summed E-state index contributed by atoms with van der Waals surface area (Å²) < 4.78 is 52.8. The summed E-state index contributed by atoms with van der Waals surface area (Å²) in [5, 5.41) is 29.5. The highest BCUT2D eigenvalue weighted by molar-refractivity contribution is 6.31. The van der Waals surface area contributed by atoms with Crippen molar-refractivity contribution in [3.63, 3.8) is 0 Å². The van der Waals surface area contributed by atoms with Crippen LogP contribution in [0.4, 0.5) is 13.2 Å². The SMILES string of the molecule is CCc1cc(-c2nnn(Cc3cc(C(F)(F)F)ccc3Cl)c2-c2ccc3c(c2)OCCO3)c(O)cc1O. The van der Waals surface area contributed by atoms with Crippen molar-refractivity contribution in [1.29, 1.82) is 0 Å². The maximum Gasteiger partial charge on any atom is 0.416 e. The van der Waals surface area contributed by atoms with Gasteiger partial charge in [-0.3, -0.25) is 0 Å². The van der Waals surface area contributed by atoms with Gasteiger partial charge in [0.25, 0.3) is 0 Å². The van der Waals surface area contributed by atoms with Crippen LogP contribution in [-0.2, 0) is 19.1 Å². The number of aromatic hydroxyl groups is 2. The number of halogens is 4. The Morgan fingerprint density at radius 3 is 2.43 bits per heavy atom. The van der Waals surface area contributed by atoms with Gasteiger partial charge in [-0.15, -0.1) is 5.10 Å². The summed E-state index contributed by atoms with van der Waals surface area (Å²) in [5.41, 5.74) is 1.50. The second kappa shape index (κ2) is 9.51. The van der Waals surface area contributed by atoms with E-state index in [2.05, 4.69) is 10.3 Å². The van der Waals surface area contributed by atoms with Gasteiger partial charge < -0.3 is 19.7 Å². The number of hydrogen-bond donors (Lipinski definition) is 2. The highest BCUT2D eigenvalue weighted by Crippen LogP contribution is 2.42. The maximum absolute atomic E-state index is 13.4. The van der Waals surface area contributed by atoms with Crippen molar-refractivity contribution in [3.05, 3.63) is 70.2 Å². The highest BCUT2D eigenvalue weighted by atomic mass is 35.5. The molecule has 0 unspecified atom stereocenters. The maximum atomic E-state index is 13.4. The Balaban J connectivity index is 1.68. The Bertz CT molecular complexity index is 1490. The lowest BCUT2D eigenvalue weighted by molar-refractivity contribution is -0.137. The third kappa shape index (κ3) is 4.76. The molecule has 1 aromatic heterocycles. The zero-order valence-electron chi connectivity index (χ0n) is 19.5. The van der Waals surface area contributed by atoms with Crippen molar-refractivity contribution in [3.8, 4) is 45.5 Å². The molecule has 0 spiro atoms. The first-order valence-corrected chi connectivity index (χ1v) is 11.8. The predicted octanol–water partition coefficient (Wildman–Crippen LogP) is 6.08. The van der Waals surface area contributed by atoms with Crippen molar-refractivity contribution in [2.45, 2.75) is 26.1 Å². The number of benzene rings is 3. The molecule has 7 nitrogen and oxygen atoms in total. The molecule has 2 heterocycles. The first-order valence-electron chi connectivity index (χ1n) is 11.4. The van der Waals surface area contributed by atoms with Gasteiger partial charge in [0.2, 0.25) is 0 Å². The van der Waals surface area contributed by atoms with E-state index >= 15 is 0 Å². The van der Waals surface area contributed by atoms with Crippen LogP contribution < -0.4 is 9.47 Å². The van der Waals surface area contributed by atoms with Crippen LogP contribution >= 0.6 is 11.6 Å². The standard InChI is InChI=1S/C26H21ClF3N3O4/c1-2-14-10-18(21(35)12-20(14)34)24-25(15-3-6-22-23(11-15)37-8-7-36-22)33(32-31-24)13-16-9-17(26(28,29)30)4-5-19(16)27/h3-6,9-12,34-35H,2,7-8,13H2,1H3. The Labute approximate surface area is 214 Å². The summed E-state index contributed by atoms with van der Waals surface area (Å²) in [6, 6.07) is 11.1. The largest absolute Gasteiger partial charge is 0.508 e.